The Morgan fingerprint density at radius 1 is 1.18 bits per heavy atom. The van der Waals surface area contributed by atoms with Crippen molar-refractivity contribution in [1.29, 1.82) is 0 Å². The summed E-state index contributed by atoms with van der Waals surface area (Å²) in [5.74, 6) is 0.747. The van der Waals surface area contributed by atoms with Gasteiger partial charge in [-0.15, -0.1) is 0 Å². The van der Waals surface area contributed by atoms with Crippen molar-refractivity contribution in [3.8, 4) is 0 Å². The van der Waals surface area contributed by atoms with E-state index in [2.05, 4.69) is 6.07 Å². The highest BCUT2D eigenvalue weighted by Gasteiger charge is 2.18. The Morgan fingerprint density at radius 2 is 1.88 bits per heavy atom. The van der Waals surface area contributed by atoms with Crippen LogP contribution in [-0.2, 0) is 9.84 Å². The molecule has 0 radical (unpaired) electrons. The molecule has 1 aliphatic rings. The number of hydrogen-bond acceptors (Lipinski definition) is 2. The first-order valence-electron chi connectivity index (χ1n) is 6.46. The molecule has 0 N–H and O–H groups in total. The summed E-state index contributed by atoms with van der Waals surface area (Å²) in [4.78, 5) is 0.489. The molecular weight excluding hydrogens is 232 g/mol. The van der Waals surface area contributed by atoms with E-state index in [4.69, 9.17) is 0 Å². The summed E-state index contributed by atoms with van der Waals surface area (Å²) in [6.45, 7) is 1.70. The van der Waals surface area contributed by atoms with Gasteiger partial charge in [-0.25, -0.2) is 8.42 Å². The van der Waals surface area contributed by atoms with Crippen LogP contribution in [0.3, 0.4) is 0 Å². The molecule has 94 valence electrons. The molecule has 0 aromatic heterocycles. The Hall–Kier alpha value is -0.830. The predicted molar refractivity (Wildman–Crippen MR) is 70.0 cm³/mol. The molecule has 0 amide bonds. The smallest absolute Gasteiger partial charge is 0.178 e. The van der Waals surface area contributed by atoms with Crippen molar-refractivity contribution in [3.63, 3.8) is 0 Å². The van der Waals surface area contributed by atoms with Crippen LogP contribution in [0.25, 0.3) is 0 Å². The Morgan fingerprint density at radius 3 is 2.53 bits per heavy atom. The van der Waals surface area contributed by atoms with Crippen molar-refractivity contribution in [1.82, 2.24) is 0 Å². The molecule has 0 saturated heterocycles. The zero-order valence-corrected chi connectivity index (χ0v) is 11.2. The van der Waals surface area contributed by atoms with Crippen LogP contribution in [0.15, 0.2) is 29.2 Å². The SMILES string of the molecule is CCS(=O)(=O)c1cccc(C2CCCCC2)c1. The normalized spacial score (nSPS) is 18.2. The molecule has 1 aliphatic carbocycles. The molecule has 1 aromatic rings. The predicted octanol–water partition coefficient (Wildman–Crippen LogP) is 3.53. The molecule has 0 atom stereocenters. The second-order valence-electron chi connectivity index (χ2n) is 4.81. The largest absolute Gasteiger partial charge is 0.224 e. The van der Waals surface area contributed by atoms with Crippen LogP contribution in [0.1, 0.15) is 50.5 Å². The van der Waals surface area contributed by atoms with E-state index in [0.717, 1.165) is 0 Å². The third-order valence-electron chi connectivity index (χ3n) is 3.67. The van der Waals surface area contributed by atoms with Crippen LogP contribution in [0.4, 0.5) is 0 Å². The maximum absolute atomic E-state index is 11.8. The second kappa shape index (κ2) is 5.21. The Kier molecular flexibility index (Phi) is 3.87. The Balaban J connectivity index is 2.28. The van der Waals surface area contributed by atoms with E-state index in [1.165, 1.54) is 37.7 Å². The van der Waals surface area contributed by atoms with Gasteiger partial charge in [-0.3, -0.25) is 0 Å². The lowest BCUT2D eigenvalue weighted by Crippen LogP contribution is -2.07. The van der Waals surface area contributed by atoms with E-state index in [-0.39, 0.29) is 5.75 Å². The van der Waals surface area contributed by atoms with Gasteiger partial charge in [0.1, 0.15) is 0 Å². The molecule has 2 rings (SSSR count). The highest BCUT2D eigenvalue weighted by molar-refractivity contribution is 7.91. The molecule has 1 fully saturated rings. The number of hydrogen-bond donors (Lipinski definition) is 0. The molecule has 0 bridgehead atoms. The zero-order chi connectivity index (χ0) is 12.3. The second-order valence-corrected chi connectivity index (χ2v) is 7.09. The molecule has 2 nitrogen and oxygen atoms in total. The van der Waals surface area contributed by atoms with Gasteiger partial charge in [-0.1, -0.05) is 38.3 Å². The lowest BCUT2D eigenvalue weighted by Gasteiger charge is -2.22. The summed E-state index contributed by atoms with van der Waals surface area (Å²) in [7, 11) is -3.06. The molecule has 1 saturated carbocycles. The Labute approximate surface area is 104 Å². The van der Waals surface area contributed by atoms with Crippen LogP contribution in [0.5, 0.6) is 0 Å². The van der Waals surface area contributed by atoms with Gasteiger partial charge in [0.15, 0.2) is 9.84 Å². The average molecular weight is 252 g/mol. The number of sulfone groups is 1. The first kappa shape index (κ1) is 12.6. The highest BCUT2D eigenvalue weighted by atomic mass is 32.2. The Bertz CT molecular complexity index is 471. The molecule has 0 spiro atoms. The molecular formula is C14H20O2S. The van der Waals surface area contributed by atoms with Crippen LogP contribution in [-0.4, -0.2) is 14.2 Å². The summed E-state index contributed by atoms with van der Waals surface area (Å²) in [6, 6.07) is 7.55. The monoisotopic (exact) mass is 252 g/mol. The van der Waals surface area contributed by atoms with Crippen molar-refractivity contribution in [3.05, 3.63) is 29.8 Å². The van der Waals surface area contributed by atoms with E-state index in [0.29, 0.717) is 10.8 Å². The maximum Gasteiger partial charge on any atom is 0.178 e. The van der Waals surface area contributed by atoms with Gasteiger partial charge in [0.05, 0.1) is 10.6 Å². The first-order chi connectivity index (χ1) is 8.13. The topological polar surface area (TPSA) is 34.1 Å². The fourth-order valence-corrected chi connectivity index (χ4v) is 3.50. The van der Waals surface area contributed by atoms with Crippen LogP contribution < -0.4 is 0 Å². The first-order valence-corrected chi connectivity index (χ1v) is 8.11. The van der Waals surface area contributed by atoms with Crippen molar-refractivity contribution < 1.29 is 8.42 Å². The van der Waals surface area contributed by atoms with Gasteiger partial charge < -0.3 is 0 Å². The average Bonchev–Trinajstić information content (AvgIpc) is 2.40. The van der Waals surface area contributed by atoms with Crippen molar-refractivity contribution in [2.24, 2.45) is 0 Å². The van der Waals surface area contributed by atoms with E-state index >= 15 is 0 Å². The summed E-state index contributed by atoms with van der Waals surface area (Å²) in [5.41, 5.74) is 1.21. The minimum atomic E-state index is -3.06. The molecule has 17 heavy (non-hydrogen) atoms. The van der Waals surface area contributed by atoms with Gasteiger partial charge in [0.25, 0.3) is 0 Å². The highest BCUT2D eigenvalue weighted by Crippen LogP contribution is 2.33. The minimum absolute atomic E-state index is 0.182. The zero-order valence-electron chi connectivity index (χ0n) is 10.4. The van der Waals surface area contributed by atoms with Gasteiger partial charge in [0, 0.05) is 0 Å². The van der Waals surface area contributed by atoms with Crippen molar-refractivity contribution >= 4 is 9.84 Å². The summed E-state index contributed by atoms with van der Waals surface area (Å²) in [6.07, 6.45) is 6.28. The van der Waals surface area contributed by atoms with Gasteiger partial charge in [-0.2, -0.15) is 0 Å². The summed E-state index contributed by atoms with van der Waals surface area (Å²) < 4.78 is 23.7. The third-order valence-corrected chi connectivity index (χ3v) is 5.41. The summed E-state index contributed by atoms with van der Waals surface area (Å²) >= 11 is 0. The van der Waals surface area contributed by atoms with E-state index in [9.17, 15) is 8.42 Å². The van der Waals surface area contributed by atoms with Crippen LogP contribution in [0, 0.1) is 0 Å². The van der Waals surface area contributed by atoms with Crippen molar-refractivity contribution in [2.75, 3.05) is 5.75 Å². The van der Waals surface area contributed by atoms with Crippen LogP contribution in [0.2, 0.25) is 0 Å². The number of benzene rings is 1. The van der Waals surface area contributed by atoms with Gasteiger partial charge >= 0.3 is 0 Å². The number of rotatable bonds is 3. The molecule has 3 heteroatoms. The molecule has 0 heterocycles. The van der Waals surface area contributed by atoms with Gasteiger partial charge in [0.2, 0.25) is 0 Å². The lowest BCUT2D eigenvalue weighted by atomic mass is 9.84. The minimum Gasteiger partial charge on any atom is -0.224 e. The van der Waals surface area contributed by atoms with Crippen molar-refractivity contribution in [2.45, 2.75) is 49.8 Å². The molecule has 1 aromatic carbocycles. The fraction of sp³-hybridized carbons (Fsp3) is 0.571. The summed E-state index contributed by atoms with van der Waals surface area (Å²) in [5, 5.41) is 0. The molecule has 0 aliphatic heterocycles. The standard InChI is InChI=1S/C14H20O2S/c1-2-17(15,16)14-10-6-9-13(11-14)12-7-4-3-5-8-12/h6,9-12H,2-5,7-8H2,1H3. The maximum atomic E-state index is 11.8. The van der Waals surface area contributed by atoms with E-state index < -0.39 is 9.84 Å². The van der Waals surface area contributed by atoms with E-state index in [1.54, 1.807) is 13.0 Å². The third kappa shape index (κ3) is 2.89. The van der Waals surface area contributed by atoms with Gasteiger partial charge in [-0.05, 0) is 36.5 Å². The van der Waals surface area contributed by atoms with E-state index in [1.807, 2.05) is 12.1 Å². The molecule has 0 unspecified atom stereocenters. The lowest BCUT2D eigenvalue weighted by molar-refractivity contribution is 0.443. The quantitative estimate of drug-likeness (QED) is 0.824. The fourth-order valence-electron chi connectivity index (χ4n) is 2.56. The van der Waals surface area contributed by atoms with Crippen LogP contribution >= 0.6 is 0 Å².